The largest absolute Gasteiger partial charge is 0.497 e. The van der Waals surface area contributed by atoms with Crippen molar-refractivity contribution in [2.24, 2.45) is 0 Å². The lowest BCUT2D eigenvalue weighted by atomic mass is 9.98. The molecule has 33 heavy (non-hydrogen) atoms. The van der Waals surface area contributed by atoms with Crippen molar-refractivity contribution in [2.45, 2.75) is 25.7 Å². The zero-order valence-corrected chi connectivity index (χ0v) is 18.9. The van der Waals surface area contributed by atoms with E-state index in [2.05, 4.69) is 30.3 Å². The number of aromatic carboxylic acids is 1. The first kappa shape index (κ1) is 22.5. The Bertz CT molecular complexity index is 1140. The third kappa shape index (κ3) is 5.58. The van der Waals surface area contributed by atoms with Crippen LogP contribution in [-0.4, -0.2) is 38.5 Å². The highest BCUT2D eigenvalue weighted by molar-refractivity contribution is 5.91. The van der Waals surface area contributed by atoms with Gasteiger partial charge in [0.25, 0.3) is 0 Å². The van der Waals surface area contributed by atoms with Gasteiger partial charge in [0, 0.05) is 0 Å². The average molecular weight is 449 g/mol. The fourth-order valence-corrected chi connectivity index (χ4v) is 4.02. The molecule has 1 heterocycles. The Morgan fingerprint density at radius 1 is 0.758 bits per heavy atom. The van der Waals surface area contributed by atoms with Crippen molar-refractivity contribution in [3.05, 3.63) is 82.4 Å². The standard InChI is InChI=1S/C27H28O6/c1-30-22-14-20(5-3-18-7-9-23(27(28)29)25(16-18)31-2)13-21(15-22)6-4-19-8-10-24-26(17-19)33-12-11-32-24/h7-10,13-17H,3-6,11-12H2,1-2H3,(H,28,29). The second-order valence-electron chi connectivity index (χ2n) is 8.01. The van der Waals surface area contributed by atoms with Gasteiger partial charge in [0.2, 0.25) is 0 Å². The molecule has 1 aliphatic heterocycles. The molecule has 4 rings (SSSR count). The summed E-state index contributed by atoms with van der Waals surface area (Å²) in [7, 11) is 3.17. The number of carboxylic acid groups (broad SMARTS) is 1. The number of hydrogen-bond donors (Lipinski definition) is 1. The van der Waals surface area contributed by atoms with E-state index in [1.165, 1.54) is 23.8 Å². The van der Waals surface area contributed by atoms with Crippen molar-refractivity contribution in [1.29, 1.82) is 0 Å². The van der Waals surface area contributed by atoms with E-state index in [4.69, 9.17) is 18.9 Å². The monoisotopic (exact) mass is 448 g/mol. The van der Waals surface area contributed by atoms with Crippen LogP contribution in [0, 0.1) is 0 Å². The molecule has 0 saturated carbocycles. The Morgan fingerprint density at radius 3 is 2.00 bits per heavy atom. The zero-order valence-electron chi connectivity index (χ0n) is 18.9. The summed E-state index contributed by atoms with van der Waals surface area (Å²) in [5.74, 6) is 1.85. The maximum Gasteiger partial charge on any atom is 0.339 e. The van der Waals surface area contributed by atoms with Gasteiger partial charge in [0.1, 0.15) is 30.3 Å². The fourth-order valence-electron chi connectivity index (χ4n) is 4.02. The van der Waals surface area contributed by atoms with E-state index in [1.807, 2.05) is 12.1 Å². The molecule has 0 saturated heterocycles. The molecule has 0 bridgehead atoms. The van der Waals surface area contributed by atoms with Gasteiger partial charge in [-0.15, -0.1) is 0 Å². The van der Waals surface area contributed by atoms with Crippen LogP contribution in [0.5, 0.6) is 23.0 Å². The molecule has 172 valence electrons. The van der Waals surface area contributed by atoms with Gasteiger partial charge in [-0.05, 0) is 84.3 Å². The number of aryl methyl sites for hydroxylation is 4. The summed E-state index contributed by atoms with van der Waals surface area (Å²) in [6, 6.07) is 17.7. The zero-order chi connectivity index (χ0) is 23.2. The van der Waals surface area contributed by atoms with E-state index in [1.54, 1.807) is 19.2 Å². The van der Waals surface area contributed by atoms with Crippen molar-refractivity contribution >= 4 is 5.97 Å². The number of methoxy groups -OCH3 is 2. The molecule has 6 nitrogen and oxygen atoms in total. The summed E-state index contributed by atoms with van der Waals surface area (Å²) >= 11 is 0. The van der Waals surface area contributed by atoms with E-state index in [0.29, 0.717) is 19.0 Å². The average Bonchev–Trinajstić information content (AvgIpc) is 2.85. The fraction of sp³-hybridized carbons (Fsp3) is 0.296. The molecular weight excluding hydrogens is 420 g/mol. The molecule has 1 N–H and O–H groups in total. The van der Waals surface area contributed by atoms with Gasteiger partial charge in [-0.1, -0.05) is 18.2 Å². The van der Waals surface area contributed by atoms with Crippen molar-refractivity contribution in [3.8, 4) is 23.0 Å². The van der Waals surface area contributed by atoms with Crippen LogP contribution in [0.4, 0.5) is 0 Å². The first-order valence-electron chi connectivity index (χ1n) is 11.0. The van der Waals surface area contributed by atoms with Crippen LogP contribution in [0.15, 0.2) is 54.6 Å². The van der Waals surface area contributed by atoms with Gasteiger partial charge in [-0.2, -0.15) is 0 Å². The third-order valence-corrected chi connectivity index (χ3v) is 5.77. The van der Waals surface area contributed by atoms with E-state index in [0.717, 1.165) is 48.5 Å². The van der Waals surface area contributed by atoms with Crippen LogP contribution in [0.25, 0.3) is 0 Å². The molecule has 0 spiro atoms. The normalized spacial score (nSPS) is 12.3. The number of carbonyl (C=O) groups is 1. The molecule has 1 aliphatic rings. The summed E-state index contributed by atoms with van der Waals surface area (Å²) in [5, 5.41) is 9.27. The number of ether oxygens (including phenoxy) is 4. The summed E-state index contributed by atoms with van der Waals surface area (Å²) in [4.78, 5) is 11.3. The minimum Gasteiger partial charge on any atom is -0.497 e. The second-order valence-corrected chi connectivity index (χ2v) is 8.01. The summed E-state index contributed by atoms with van der Waals surface area (Å²) in [6.07, 6.45) is 3.34. The molecule has 3 aromatic rings. The lowest BCUT2D eigenvalue weighted by Gasteiger charge is -2.19. The Hall–Kier alpha value is -3.67. The van der Waals surface area contributed by atoms with Gasteiger partial charge < -0.3 is 24.1 Å². The van der Waals surface area contributed by atoms with E-state index >= 15 is 0 Å². The first-order chi connectivity index (χ1) is 16.1. The van der Waals surface area contributed by atoms with Gasteiger partial charge >= 0.3 is 5.97 Å². The first-order valence-corrected chi connectivity index (χ1v) is 11.0. The molecule has 6 heteroatoms. The molecule has 0 amide bonds. The van der Waals surface area contributed by atoms with E-state index < -0.39 is 5.97 Å². The molecule has 3 aromatic carbocycles. The topological polar surface area (TPSA) is 74.2 Å². The quantitative estimate of drug-likeness (QED) is 0.510. The molecule has 0 fully saturated rings. The molecule has 0 unspecified atom stereocenters. The lowest BCUT2D eigenvalue weighted by Crippen LogP contribution is -2.15. The highest BCUT2D eigenvalue weighted by atomic mass is 16.6. The van der Waals surface area contributed by atoms with Crippen LogP contribution in [-0.2, 0) is 25.7 Å². The smallest absolute Gasteiger partial charge is 0.339 e. The number of benzene rings is 3. The van der Waals surface area contributed by atoms with Crippen LogP contribution in [0.3, 0.4) is 0 Å². The highest BCUT2D eigenvalue weighted by Gasteiger charge is 2.13. The predicted octanol–water partition coefficient (Wildman–Crippen LogP) is 4.74. The molecule has 0 aliphatic carbocycles. The highest BCUT2D eigenvalue weighted by Crippen LogP contribution is 2.31. The van der Waals surface area contributed by atoms with Crippen molar-refractivity contribution in [3.63, 3.8) is 0 Å². The third-order valence-electron chi connectivity index (χ3n) is 5.77. The Morgan fingerprint density at radius 2 is 1.36 bits per heavy atom. The SMILES string of the molecule is COc1cc(CCc2ccc3c(c2)OCCO3)cc(CCc2ccc(C(=O)O)c(OC)c2)c1. The van der Waals surface area contributed by atoms with Gasteiger partial charge in [0.15, 0.2) is 11.5 Å². The maximum atomic E-state index is 11.3. The molecule has 0 atom stereocenters. The van der Waals surface area contributed by atoms with E-state index in [-0.39, 0.29) is 5.56 Å². The van der Waals surface area contributed by atoms with Crippen LogP contribution in [0.2, 0.25) is 0 Å². The van der Waals surface area contributed by atoms with Crippen molar-refractivity contribution in [2.75, 3.05) is 27.4 Å². The Balaban J connectivity index is 1.44. The van der Waals surface area contributed by atoms with Crippen LogP contribution in [0.1, 0.15) is 32.6 Å². The van der Waals surface area contributed by atoms with Crippen LogP contribution >= 0.6 is 0 Å². The Kier molecular flexibility index (Phi) is 7.03. The summed E-state index contributed by atoms with van der Waals surface area (Å²) < 4.78 is 22.1. The predicted molar refractivity (Wildman–Crippen MR) is 125 cm³/mol. The minimum absolute atomic E-state index is 0.170. The molecule has 0 radical (unpaired) electrons. The second kappa shape index (κ2) is 10.3. The summed E-state index contributed by atoms with van der Waals surface area (Å²) in [5.41, 5.74) is 4.78. The van der Waals surface area contributed by atoms with E-state index in [9.17, 15) is 9.90 Å². The van der Waals surface area contributed by atoms with Gasteiger partial charge in [-0.3, -0.25) is 0 Å². The summed E-state index contributed by atoms with van der Waals surface area (Å²) in [6.45, 7) is 1.18. The number of fused-ring (bicyclic) bond motifs is 1. The number of carboxylic acids is 1. The molecule has 0 aromatic heterocycles. The van der Waals surface area contributed by atoms with Crippen LogP contribution < -0.4 is 18.9 Å². The molecular formula is C27H28O6. The minimum atomic E-state index is -0.992. The maximum absolute atomic E-state index is 11.3. The Labute approximate surface area is 193 Å². The number of rotatable bonds is 9. The van der Waals surface area contributed by atoms with Crippen molar-refractivity contribution in [1.82, 2.24) is 0 Å². The van der Waals surface area contributed by atoms with Crippen molar-refractivity contribution < 1.29 is 28.8 Å². The lowest BCUT2D eigenvalue weighted by molar-refractivity contribution is 0.0693. The number of hydrogen-bond acceptors (Lipinski definition) is 5. The van der Waals surface area contributed by atoms with Gasteiger partial charge in [0.05, 0.1) is 14.2 Å². The van der Waals surface area contributed by atoms with Gasteiger partial charge in [-0.25, -0.2) is 4.79 Å².